The van der Waals surface area contributed by atoms with Gasteiger partial charge in [-0.3, -0.25) is 4.98 Å². The predicted molar refractivity (Wildman–Crippen MR) is 72.8 cm³/mol. The number of pyridine rings is 1. The molecule has 1 unspecified atom stereocenters. The molecule has 0 radical (unpaired) electrons. The summed E-state index contributed by atoms with van der Waals surface area (Å²) in [5.74, 6) is 6.06. The van der Waals surface area contributed by atoms with Crippen molar-refractivity contribution in [3.05, 3.63) is 29.1 Å². The molecule has 1 rings (SSSR count). The summed E-state index contributed by atoms with van der Waals surface area (Å²) in [5.41, 5.74) is 3.50. The average molecular weight is 230 g/mol. The van der Waals surface area contributed by atoms with Crippen LogP contribution >= 0.6 is 0 Å². The lowest BCUT2D eigenvalue weighted by molar-refractivity contribution is 0.509. The number of rotatable bonds is 5. The number of nitrogens with zero attached hydrogens (tertiary/aromatic N) is 1. The summed E-state index contributed by atoms with van der Waals surface area (Å²) in [6.45, 7) is 9.13. The number of hydrogen-bond donors (Lipinski definition) is 1. The molecule has 0 saturated carbocycles. The van der Waals surface area contributed by atoms with Crippen LogP contribution in [0.4, 0.5) is 0 Å². The van der Waals surface area contributed by atoms with Gasteiger partial charge >= 0.3 is 0 Å². The molecule has 0 spiro atoms. The Bertz CT molecular complexity index is 392. The average Bonchev–Trinajstić information content (AvgIpc) is 2.27. The largest absolute Gasteiger partial charge is 0.309 e. The van der Waals surface area contributed by atoms with Gasteiger partial charge in [0.2, 0.25) is 0 Å². The molecule has 1 aromatic heterocycles. The minimum atomic E-state index is 0.319. The first-order chi connectivity index (χ1) is 8.17. The van der Waals surface area contributed by atoms with Crippen LogP contribution in [0.25, 0.3) is 0 Å². The molecular weight excluding hydrogens is 208 g/mol. The number of aryl methyl sites for hydroxylation is 2. The highest BCUT2D eigenvalue weighted by Crippen LogP contribution is 2.18. The monoisotopic (exact) mass is 230 g/mol. The SMILES string of the molecule is CC#CCCC(NCC)c1cc(C)cc(C)n1. The maximum absolute atomic E-state index is 4.62. The van der Waals surface area contributed by atoms with Gasteiger partial charge in [-0.25, -0.2) is 0 Å². The Morgan fingerprint density at radius 3 is 2.71 bits per heavy atom. The Hall–Kier alpha value is -1.33. The summed E-state index contributed by atoms with van der Waals surface area (Å²) < 4.78 is 0. The summed E-state index contributed by atoms with van der Waals surface area (Å²) in [5, 5.41) is 3.48. The van der Waals surface area contributed by atoms with Gasteiger partial charge in [-0.05, 0) is 51.4 Å². The highest BCUT2D eigenvalue weighted by atomic mass is 14.9. The van der Waals surface area contributed by atoms with Gasteiger partial charge < -0.3 is 5.32 Å². The minimum absolute atomic E-state index is 0.319. The molecule has 0 saturated heterocycles. The lowest BCUT2D eigenvalue weighted by Crippen LogP contribution is -2.22. The van der Waals surface area contributed by atoms with E-state index in [0.29, 0.717) is 6.04 Å². The van der Waals surface area contributed by atoms with Crippen molar-refractivity contribution in [2.45, 2.75) is 46.6 Å². The molecule has 2 nitrogen and oxygen atoms in total. The van der Waals surface area contributed by atoms with Crippen molar-refractivity contribution in [3.8, 4) is 11.8 Å². The van der Waals surface area contributed by atoms with E-state index < -0.39 is 0 Å². The van der Waals surface area contributed by atoms with Crippen LogP contribution < -0.4 is 5.32 Å². The second-order valence-electron chi connectivity index (χ2n) is 4.29. The standard InChI is InChI=1S/C15H22N2/c1-5-7-8-9-14(16-6-2)15-11-12(3)10-13(4)17-15/h10-11,14,16H,6,8-9H2,1-4H3. The minimum Gasteiger partial charge on any atom is -0.309 e. The van der Waals surface area contributed by atoms with E-state index in [1.54, 1.807) is 0 Å². The van der Waals surface area contributed by atoms with Crippen LogP contribution in [-0.4, -0.2) is 11.5 Å². The first-order valence-corrected chi connectivity index (χ1v) is 6.25. The maximum atomic E-state index is 4.62. The molecule has 0 amide bonds. The van der Waals surface area contributed by atoms with E-state index in [9.17, 15) is 0 Å². The third-order valence-corrected chi connectivity index (χ3v) is 2.66. The summed E-state index contributed by atoms with van der Waals surface area (Å²) in [6.07, 6.45) is 1.94. The van der Waals surface area contributed by atoms with Crippen molar-refractivity contribution >= 4 is 0 Å². The Morgan fingerprint density at radius 2 is 2.12 bits per heavy atom. The van der Waals surface area contributed by atoms with Gasteiger partial charge in [-0.1, -0.05) is 6.92 Å². The summed E-state index contributed by atoms with van der Waals surface area (Å²) in [7, 11) is 0. The maximum Gasteiger partial charge on any atom is 0.0579 e. The summed E-state index contributed by atoms with van der Waals surface area (Å²) in [4.78, 5) is 4.62. The Balaban J connectivity index is 2.82. The van der Waals surface area contributed by atoms with E-state index in [1.165, 1.54) is 5.56 Å². The summed E-state index contributed by atoms with van der Waals surface area (Å²) in [6, 6.07) is 4.59. The van der Waals surface area contributed by atoms with E-state index in [2.05, 4.69) is 48.1 Å². The zero-order chi connectivity index (χ0) is 12.7. The highest BCUT2D eigenvalue weighted by Gasteiger charge is 2.11. The van der Waals surface area contributed by atoms with Gasteiger partial charge in [0.1, 0.15) is 0 Å². The van der Waals surface area contributed by atoms with Gasteiger partial charge in [0, 0.05) is 12.1 Å². The van der Waals surface area contributed by atoms with Crippen molar-refractivity contribution in [2.24, 2.45) is 0 Å². The van der Waals surface area contributed by atoms with Crippen molar-refractivity contribution < 1.29 is 0 Å². The smallest absolute Gasteiger partial charge is 0.0579 e. The number of aromatic nitrogens is 1. The third kappa shape index (κ3) is 4.58. The van der Waals surface area contributed by atoms with E-state index in [0.717, 1.165) is 30.8 Å². The second kappa shape index (κ2) is 7.09. The van der Waals surface area contributed by atoms with Gasteiger partial charge in [0.25, 0.3) is 0 Å². The molecule has 1 aromatic rings. The second-order valence-corrected chi connectivity index (χ2v) is 4.29. The Morgan fingerprint density at radius 1 is 1.35 bits per heavy atom. The quantitative estimate of drug-likeness (QED) is 0.786. The van der Waals surface area contributed by atoms with E-state index in [4.69, 9.17) is 0 Å². The van der Waals surface area contributed by atoms with Crippen LogP contribution in [0.1, 0.15) is 49.7 Å². The normalized spacial score (nSPS) is 11.8. The van der Waals surface area contributed by atoms with Crippen LogP contribution in [0, 0.1) is 25.7 Å². The van der Waals surface area contributed by atoms with Crippen LogP contribution in [0.15, 0.2) is 12.1 Å². The molecule has 92 valence electrons. The molecule has 1 heterocycles. The molecule has 1 N–H and O–H groups in total. The zero-order valence-electron chi connectivity index (χ0n) is 11.3. The fraction of sp³-hybridized carbons (Fsp3) is 0.533. The lowest BCUT2D eigenvalue weighted by Gasteiger charge is -2.17. The van der Waals surface area contributed by atoms with Crippen molar-refractivity contribution in [1.29, 1.82) is 0 Å². The van der Waals surface area contributed by atoms with Gasteiger partial charge in [0.15, 0.2) is 0 Å². The van der Waals surface area contributed by atoms with Crippen LogP contribution in [0.5, 0.6) is 0 Å². The fourth-order valence-electron chi connectivity index (χ4n) is 1.99. The van der Waals surface area contributed by atoms with E-state index in [-0.39, 0.29) is 0 Å². The highest BCUT2D eigenvalue weighted by molar-refractivity contribution is 5.22. The van der Waals surface area contributed by atoms with Crippen LogP contribution in [0.3, 0.4) is 0 Å². The first-order valence-electron chi connectivity index (χ1n) is 6.25. The van der Waals surface area contributed by atoms with Crippen molar-refractivity contribution in [2.75, 3.05) is 6.54 Å². The molecule has 0 aliphatic rings. The summed E-state index contributed by atoms with van der Waals surface area (Å²) >= 11 is 0. The van der Waals surface area contributed by atoms with E-state index in [1.807, 2.05) is 13.8 Å². The van der Waals surface area contributed by atoms with Crippen molar-refractivity contribution in [3.63, 3.8) is 0 Å². The van der Waals surface area contributed by atoms with E-state index >= 15 is 0 Å². The van der Waals surface area contributed by atoms with Crippen molar-refractivity contribution in [1.82, 2.24) is 10.3 Å². The molecule has 0 aliphatic heterocycles. The molecular formula is C15H22N2. The molecule has 17 heavy (non-hydrogen) atoms. The fourth-order valence-corrected chi connectivity index (χ4v) is 1.99. The molecule has 1 atom stereocenters. The topological polar surface area (TPSA) is 24.9 Å². The van der Waals surface area contributed by atoms with Gasteiger partial charge in [-0.15, -0.1) is 11.8 Å². The third-order valence-electron chi connectivity index (χ3n) is 2.66. The van der Waals surface area contributed by atoms with Crippen LogP contribution in [-0.2, 0) is 0 Å². The predicted octanol–water partition coefficient (Wildman–Crippen LogP) is 3.15. The number of nitrogens with one attached hydrogen (secondary N) is 1. The Kier molecular flexibility index (Phi) is 5.72. The molecule has 0 aliphatic carbocycles. The molecule has 0 aromatic carbocycles. The van der Waals surface area contributed by atoms with Gasteiger partial charge in [0.05, 0.1) is 11.7 Å². The molecule has 2 heteroatoms. The molecule has 0 bridgehead atoms. The number of hydrogen-bond acceptors (Lipinski definition) is 2. The lowest BCUT2D eigenvalue weighted by atomic mass is 10.1. The van der Waals surface area contributed by atoms with Crippen LogP contribution in [0.2, 0.25) is 0 Å². The first kappa shape index (κ1) is 13.7. The molecule has 0 fully saturated rings. The zero-order valence-corrected chi connectivity index (χ0v) is 11.3. The Labute approximate surface area is 105 Å². The van der Waals surface area contributed by atoms with Gasteiger partial charge in [-0.2, -0.15) is 0 Å².